The van der Waals surface area contributed by atoms with Gasteiger partial charge in [0.2, 0.25) is 11.9 Å². The van der Waals surface area contributed by atoms with E-state index in [4.69, 9.17) is 5.84 Å². The molecule has 0 aliphatic heterocycles. The quantitative estimate of drug-likeness (QED) is 0.199. The second-order valence-corrected chi connectivity index (χ2v) is 2.76. The van der Waals surface area contributed by atoms with E-state index in [9.17, 15) is 4.79 Å². The maximum atomic E-state index is 11.2. The Bertz CT molecular complexity index is 189. The molecule has 0 radical (unpaired) electrons. The summed E-state index contributed by atoms with van der Waals surface area (Å²) in [6, 6.07) is 0. The van der Waals surface area contributed by atoms with Gasteiger partial charge in [0.05, 0.1) is 0 Å². The molecule has 0 rings (SSSR count). The number of hydrazone groups is 1. The van der Waals surface area contributed by atoms with E-state index in [0.717, 1.165) is 0 Å². The smallest absolute Gasteiger partial charge is 0.234 e. The van der Waals surface area contributed by atoms with Crippen LogP contribution in [0.4, 0.5) is 0 Å². The van der Waals surface area contributed by atoms with Gasteiger partial charge >= 0.3 is 0 Å². The molecule has 1 amide bonds. The summed E-state index contributed by atoms with van der Waals surface area (Å²) in [6.45, 7) is 6.14. The van der Waals surface area contributed by atoms with Crippen LogP contribution in [0.15, 0.2) is 5.10 Å². The van der Waals surface area contributed by atoms with Crippen LogP contribution in [0, 0.1) is 5.92 Å². The molecule has 0 aromatic heterocycles. The number of nitrogens with zero attached hydrogens (tertiary/aromatic N) is 1. The van der Waals surface area contributed by atoms with Crippen LogP contribution in [0.1, 0.15) is 20.8 Å². The number of carbonyl (C=O) groups is 1. The molecule has 0 spiro atoms. The molecule has 0 saturated heterocycles. The summed E-state index contributed by atoms with van der Waals surface area (Å²) in [4.78, 5) is 11.2. The van der Waals surface area contributed by atoms with Crippen molar-refractivity contribution < 1.29 is 4.79 Å². The van der Waals surface area contributed by atoms with Crippen molar-refractivity contribution in [3.63, 3.8) is 0 Å². The lowest BCUT2D eigenvalue weighted by molar-refractivity contribution is -0.122. The van der Waals surface area contributed by atoms with Gasteiger partial charge < -0.3 is 5.43 Å². The number of hydrogen-bond acceptors (Lipinski definition) is 4. The Labute approximate surface area is 77.9 Å². The Balaban J connectivity index is 4.05. The van der Waals surface area contributed by atoms with Crippen LogP contribution < -0.4 is 22.0 Å². The van der Waals surface area contributed by atoms with Gasteiger partial charge in [-0.2, -0.15) is 0 Å². The van der Waals surface area contributed by atoms with E-state index >= 15 is 0 Å². The van der Waals surface area contributed by atoms with Crippen LogP contribution in [0.25, 0.3) is 0 Å². The van der Waals surface area contributed by atoms with Crippen LogP contribution in [0.3, 0.4) is 0 Å². The highest BCUT2D eigenvalue weighted by atomic mass is 16.2. The highest BCUT2D eigenvalue weighted by molar-refractivity contribution is 5.97. The molecule has 76 valence electrons. The maximum absolute atomic E-state index is 11.2. The molecule has 0 atom stereocenters. The number of carbonyl (C=O) groups excluding carboxylic acids is 1. The first-order valence-corrected chi connectivity index (χ1v) is 4.19. The largest absolute Gasteiger partial charge is 0.307 e. The van der Waals surface area contributed by atoms with Crippen molar-refractivity contribution in [2.45, 2.75) is 20.8 Å². The number of nitrogens with two attached hydrogens (primary N) is 1. The van der Waals surface area contributed by atoms with Gasteiger partial charge in [-0.15, -0.1) is 5.10 Å². The maximum Gasteiger partial charge on any atom is 0.234 e. The van der Waals surface area contributed by atoms with Gasteiger partial charge in [0, 0.05) is 12.5 Å². The van der Waals surface area contributed by atoms with E-state index in [2.05, 4.69) is 21.3 Å². The lowest BCUT2D eigenvalue weighted by Gasteiger charge is -2.09. The van der Waals surface area contributed by atoms with E-state index in [1.54, 1.807) is 13.8 Å². The van der Waals surface area contributed by atoms with Gasteiger partial charge in [-0.05, 0) is 6.92 Å². The number of guanidine groups is 1. The monoisotopic (exact) mass is 187 g/mol. The zero-order valence-corrected chi connectivity index (χ0v) is 8.22. The fourth-order valence-electron chi connectivity index (χ4n) is 0.515. The SMILES string of the molecule is CCN/N=C(\NN)NC(=O)C(C)C. The normalized spacial score (nSPS) is 11.3. The Morgan fingerprint density at radius 3 is 2.54 bits per heavy atom. The number of hydrogen-bond donors (Lipinski definition) is 4. The number of amides is 1. The van der Waals surface area contributed by atoms with Crippen molar-refractivity contribution in [2.24, 2.45) is 16.9 Å². The van der Waals surface area contributed by atoms with E-state index in [1.165, 1.54) is 0 Å². The molecule has 13 heavy (non-hydrogen) atoms. The van der Waals surface area contributed by atoms with Gasteiger partial charge in [-0.25, -0.2) is 5.84 Å². The third kappa shape index (κ3) is 5.02. The predicted molar refractivity (Wildman–Crippen MR) is 51.4 cm³/mol. The summed E-state index contributed by atoms with van der Waals surface area (Å²) in [5.41, 5.74) is 4.95. The van der Waals surface area contributed by atoms with Crippen molar-refractivity contribution in [2.75, 3.05) is 6.54 Å². The number of nitrogens with one attached hydrogen (secondary N) is 3. The molecule has 6 heteroatoms. The molecule has 0 aromatic rings. The minimum absolute atomic E-state index is 0.0971. The molecular weight excluding hydrogens is 170 g/mol. The van der Waals surface area contributed by atoms with Crippen molar-refractivity contribution >= 4 is 11.9 Å². The zero-order chi connectivity index (χ0) is 10.3. The standard InChI is InChI=1S/C7H17N5O/c1-4-9-12-7(11-8)10-6(13)5(2)3/h5,9H,4,8H2,1-3H3,(H2,10,11,12,13). The van der Waals surface area contributed by atoms with Crippen LogP contribution in [0.2, 0.25) is 0 Å². The van der Waals surface area contributed by atoms with Gasteiger partial charge in [0.1, 0.15) is 0 Å². The van der Waals surface area contributed by atoms with E-state index < -0.39 is 0 Å². The molecule has 0 saturated carbocycles. The molecule has 5 N–H and O–H groups in total. The fourth-order valence-corrected chi connectivity index (χ4v) is 0.515. The molecule has 0 aliphatic carbocycles. The average molecular weight is 187 g/mol. The summed E-state index contributed by atoms with van der Waals surface area (Å²) in [5, 5.41) is 6.30. The Morgan fingerprint density at radius 1 is 1.54 bits per heavy atom. The highest BCUT2D eigenvalue weighted by Crippen LogP contribution is 1.89. The zero-order valence-electron chi connectivity index (χ0n) is 8.22. The van der Waals surface area contributed by atoms with Gasteiger partial charge in [-0.3, -0.25) is 15.5 Å². The molecule has 6 nitrogen and oxygen atoms in total. The van der Waals surface area contributed by atoms with Crippen molar-refractivity contribution in [1.29, 1.82) is 0 Å². The summed E-state index contributed by atoms with van der Waals surface area (Å²) in [7, 11) is 0. The number of hydrazine groups is 1. The van der Waals surface area contributed by atoms with Crippen molar-refractivity contribution in [3.8, 4) is 0 Å². The lowest BCUT2D eigenvalue weighted by Crippen LogP contribution is -2.46. The molecule has 0 fully saturated rings. The Hall–Kier alpha value is -1.30. The van der Waals surface area contributed by atoms with Crippen LogP contribution in [-0.4, -0.2) is 18.4 Å². The third-order valence-electron chi connectivity index (χ3n) is 1.25. The van der Waals surface area contributed by atoms with E-state index in [0.29, 0.717) is 6.54 Å². The van der Waals surface area contributed by atoms with Crippen LogP contribution >= 0.6 is 0 Å². The summed E-state index contributed by atoms with van der Waals surface area (Å²) in [5.74, 6) is 5.12. The van der Waals surface area contributed by atoms with Gasteiger partial charge in [-0.1, -0.05) is 13.8 Å². The first-order chi connectivity index (χ1) is 6.11. The van der Waals surface area contributed by atoms with Crippen molar-refractivity contribution in [3.05, 3.63) is 0 Å². The van der Waals surface area contributed by atoms with Crippen LogP contribution in [-0.2, 0) is 4.79 Å². The van der Waals surface area contributed by atoms with Crippen LogP contribution in [0.5, 0.6) is 0 Å². The summed E-state index contributed by atoms with van der Waals surface area (Å²) < 4.78 is 0. The number of rotatable bonds is 3. The topological polar surface area (TPSA) is 91.5 Å². The first kappa shape index (κ1) is 11.7. The minimum Gasteiger partial charge on any atom is -0.307 e. The summed E-state index contributed by atoms with van der Waals surface area (Å²) >= 11 is 0. The molecule has 0 heterocycles. The van der Waals surface area contributed by atoms with E-state index in [1.807, 2.05) is 6.92 Å². The highest BCUT2D eigenvalue weighted by Gasteiger charge is 2.08. The second kappa shape index (κ2) is 6.24. The molecule has 0 unspecified atom stereocenters. The Kier molecular flexibility index (Phi) is 5.62. The molecule has 0 bridgehead atoms. The predicted octanol–water partition coefficient (Wildman–Crippen LogP) is -0.898. The minimum atomic E-state index is -0.130. The van der Waals surface area contributed by atoms with Gasteiger partial charge in [0.15, 0.2) is 0 Å². The Morgan fingerprint density at radius 2 is 2.15 bits per heavy atom. The molecule has 0 aromatic carbocycles. The summed E-state index contributed by atoms with van der Waals surface area (Å²) in [6.07, 6.45) is 0. The molecular formula is C7H17N5O. The third-order valence-corrected chi connectivity index (χ3v) is 1.25. The second-order valence-electron chi connectivity index (χ2n) is 2.76. The lowest BCUT2D eigenvalue weighted by atomic mass is 10.2. The average Bonchev–Trinajstić information content (AvgIpc) is 2.11. The molecule has 0 aliphatic rings. The fraction of sp³-hybridized carbons (Fsp3) is 0.714. The van der Waals surface area contributed by atoms with E-state index in [-0.39, 0.29) is 17.8 Å². The van der Waals surface area contributed by atoms with Gasteiger partial charge in [0.25, 0.3) is 0 Å². The first-order valence-electron chi connectivity index (χ1n) is 4.19. The van der Waals surface area contributed by atoms with Crippen molar-refractivity contribution in [1.82, 2.24) is 16.2 Å².